The Morgan fingerprint density at radius 2 is 1.77 bits per heavy atom. The Kier molecular flexibility index (Phi) is 8.40. The van der Waals surface area contributed by atoms with Crippen molar-refractivity contribution in [2.75, 3.05) is 48.0 Å². The zero-order chi connectivity index (χ0) is 25.7. The molecule has 188 valence electrons. The molecule has 0 spiro atoms. The van der Waals surface area contributed by atoms with Crippen molar-refractivity contribution in [3.05, 3.63) is 58.7 Å². The average Bonchev–Trinajstić information content (AvgIpc) is 3.08. The number of hydrogen-bond acceptors (Lipinski definition) is 7. The van der Waals surface area contributed by atoms with Crippen LogP contribution in [0.4, 0.5) is 0 Å². The first kappa shape index (κ1) is 26.1. The minimum absolute atomic E-state index is 0.0549. The van der Waals surface area contributed by atoms with Crippen LogP contribution in [0.5, 0.6) is 17.2 Å². The summed E-state index contributed by atoms with van der Waals surface area (Å²) in [6.45, 7) is 5.35. The molecule has 1 N–H and O–H groups in total. The van der Waals surface area contributed by atoms with Crippen molar-refractivity contribution in [3.8, 4) is 17.2 Å². The molecule has 0 aliphatic carbocycles. The monoisotopic (exact) mass is 482 g/mol. The fourth-order valence-electron chi connectivity index (χ4n) is 4.34. The molecular weight excluding hydrogens is 448 g/mol. The second kappa shape index (κ2) is 11.3. The number of carbonyl (C=O) groups is 2. The van der Waals surface area contributed by atoms with Gasteiger partial charge in [0.1, 0.15) is 11.5 Å². The standard InChI is InChI=1S/C27H34N2O6/c1-7-35-19-10-11-20(17(2)15-19)25(30)23-24(18-9-12-21(33-5)22(16-18)34-6)29(27(32)26(23)31)14-8-13-28(3)4/h9-12,15-16,24,30H,7-8,13-14H2,1-6H3/t24-/m1/s1. The molecule has 1 aliphatic heterocycles. The lowest BCUT2D eigenvalue weighted by Gasteiger charge is -2.26. The van der Waals surface area contributed by atoms with Crippen LogP contribution in [0, 0.1) is 6.92 Å². The minimum Gasteiger partial charge on any atom is -0.507 e. The molecule has 0 unspecified atom stereocenters. The quantitative estimate of drug-likeness (QED) is 0.313. The van der Waals surface area contributed by atoms with Crippen LogP contribution in [0.25, 0.3) is 5.76 Å². The van der Waals surface area contributed by atoms with Gasteiger partial charge in [0.25, 0.3) is 11.7 Å². The Labute approximate surface area is 206 Å². The van der Waals surface area contributed by atoms with Crippen LogP contribution in [-0.4, -0.2) is 74.6 Å². The van der Waals surface area contributed by atoms with E-state index >= 15 is 0 Å². The molecule has 0 aromatic heterocycles. The van der Waals surface area contributed by atoms with Gasteiger partial charge in [0, 0.05) is 12.1 Å². The molecule has 1 aliphatic rings. The van der Waals surface area contributed by atoms with Crippen LogP contribution in [0.15, 0.2) is 42.0 Å². The van der Waals surface area contributed by atoms with Crippen molar-refractivity contribution in [3.63, 3.8) is 0 Å². The zero-order valence-electron chi connectivity index (χ0n) is 21.3. The lowest BCUT2D eigenvalue weighted by molar-refractivity contribution is -0.139. The van der Waals surface area contributed by atoms with Crippen molar-refractivity contribution < 1.29 is 28.9 Å². The molecule has 8 heteroatoms. The predicted molar refractivity (Wildman–Crippen MR) is 134 cm³/mol. The number of amides is 1. The maximum Gasteiger partial charge on any atom is 0.295 e. The van der Waals surface area contributed by atoms with Gasteiger partial charge in [-0.2, -0.15) is 0 Å². The number of aliphatic hydroxyl groups is 1. The third kappa shape index (κ3) is 5.43. The summed E-state index contributed by atoms with van der Waals surface area (Å²) in [5, 5.41) is 11.4. The van der Waals surface area contributed by atoms with Crippen molar-refractivity contribution in [2.45, 2.75) is 26.3 Å². The van der Waals surface area contributed by atoms with Gasteiger partial charge in [0.05, 0.1) is 32.4 Å². The maximum atomic E-state index is 13.3. The van der Waals surface area contributed by atoms with E-state index in [0.29, 0.717) is 47.9 Å². The largest absolute Gasteiger partial charge is 0.507 e. The Morgan fingerprint density at radius 3 is 2.37 bits per heavy atom. The zero-order valence-corrected chi connectivity index (χ0v) is 21.3. The van der Waals surface area contributed by atoms with E-state index < -0.39 is 17.7 Å². The van der Waals surface area contributed by atoms with E-state index in [9.17, 15) is 14.7 Å². The first-order valence-electron chi connectivity index (χ1n) is 11.6. The molecular formula is C27H34N2O6. The molecule has 0 saturated carbocycles. The van der Waals surface area contributed by atoms with Crippen LogP contribution in [-0.2, 0) is 9.59 Å². The Hall–Kier alpha value is -3.52. The second-order valence-corrected chi connectivity index (χ2v) is 8.67. The van der Waals surface area contributed by atoms with Gasteiger partial charge in [-0.15, -0.1) is 0 Å². The lowest BCUT2D eigenvalue weighted by Crippen LogP contribution is -2.32. The molecule has 1 saturated heterocycles. The molecule has 1 amide bonds. The Morgan fingerprint density at radius 1 is 1.06 bits per heavy atom. The molecule has 3 rings (SSSR count). The van der Waals surface area contributed by atoms with Crippen LogP contribution in [0.1, 0.15) is 36.1 Å². The molecule has 8 nitrogen and oxygen atoms in total. The summed E-state index contributed by atoms with van der Waals surface area (Å²) >= 11 is 0. The van der Waals surface area contributed by atoms with Gasteiger partial charge >= 0.3 is 0 Å². The van der Waals surface area contributed by atoms with Gasteiger partial charge < -0.3 is 29.1 Å². The van der Waals surface area contributed by atoms with Gasteiger partial charge in [-0.1, -0.05) is 6.07 Å². The van der Waals surface area contributed by atoms with E-state index in [2.05, 4.69) is 0 Å². The highest BCUT2D eigenvalue weighted by atomic mass is 16.5. The number of rotatable bonds is 10. The second-order valence-electron chi connectivity index (χ2n) is 8.67. The van der Waals surface area contributed by atoms with Crippen LogP contribution in [0.2, 0.25) is 0 Å². The van der Waals surface area contributed by atoms with Gasteiger partial charge in [0.2, 0.25) is 0 Å². The van der Waals surface area contributed by atoms with Crippen molar-refractivity contribution in [1.82, 2.24) is 9.80 Å². The third-order valence-electron chi connectivity index (χ3n) is 6.03. The summed E-state index contributed by atoms with van der Waals surface area (Å²) in [5.41, 5.74) is 1.92. The van der Waals surface area contributed by atoms with Crippen LogP contribution >= 0.6 is 0 Å². The highest BCUT2D eigenvalue weighted by molar-refractivity contribution is 6.46. The maximum absolute atomic E-state index is 13.3. The topological polar surface area (TPSA) is 88.5 Å². The number of hydrogen-bond donors (Lipinski definition) is 1. The normalized spacial score (nSPS) is 17.2. The first-order chi connectivity index (χ1) is 16.7. The molecule has 35 heavy (non-hydrogen) atoms. The molecule has 1 heterocycles. The number of likely N-dealkylation sites (tertiary alicyclic amines) is 1. The summed E-state index contributed by atoms with van der Waals surface area (Å²) in [4.78, 5) is 30.0. The van der Waals surface area contributed by atoms with E-state index in [-0.39, 0.29) is 11.3 Å². The first-order valence-corrected chi connectivity index (χ1v) is 11.6. The Balaban J connectivity index is 2.15. The average molecular weight is 483 g/mol. The molecule has 2 aromatic rings. The molecule has 2 aromatic carbocycles. The van der Waals surface area contributed by atoms with E-state index in [1.807, 2.05) is 32.8 Å². The molecule has 0 radical (unpaired) electrons. The Bertz CT molecular complexity index is 1120. The summed E-state index contributed by atoms with van der Waals surface area (Å²) < 4.78 is 16.4. The number of ketones is 1. The number of aliphatic hydroxyl groups excluding tert-OH is 1. The number of benzene rings is 2. The fraction of sp³-hybridized carbons (Fsp3) is 0.407. The summed E-state index contributed by atoms with van der Waals surface area (Å²) in [6.07, 6.45) is 0.673. The van der Waals surface area contributed by atoms with Crippen molar-refractivity contribution >= 4 is 17.4 Å². The number of methoxy groups -OCH3 is 2. The van der Waals surface area contributed by atoms with Gasteiger partial charge in [-0.25, -0.2) is 0 Å². The van der Waals surface area contributed by atoms with Gasteiger partial charge in [-0.3, -0.25) is 9.59 Å². The minimum atomic E-state index is -0.761. The third-order valence-corrected chi connectivity index (χ3v) is 6.03. The van der Waals surface area contributed by atoms with Gasteiger partial charge in [0.15, 0.2) is 11.5 Å². The number of Topliss-reactive ketones (excluding diaryl/α,β-unsaturated/α-hetero) is 1. The summed E-state index contributed by atoms with van der Waals surface area (Å²) in [5.74, 6) is 0.124. The van der Waals surface area contributed by atoms with E-state index in [4.69, 9.17) is 14.2 Å². The van der Waals surface area contributed by atoms with Crippen molar-refractivity contribution in [1.29, 1.82) is 0 Å². The molecule has 1 atom stereocenters. The number of nitrogens with zero attached hydrogens (tertiary/aromatic N) is 2. The van der Waals surface area contributed by atoms with E-state index in [0.717, 1.165) is 12.1 Å². The predicted octanol–water partition coefficient (Wildman–Crippen LogP) is 3.78. The number of carbonyl (C=O) groups excluding carboxylic acids is 2. The number of ether oxygens (including phenoxy) is 3. The summed E-state index contributed by atoms with van der Waals surface area (Å²) in [7, 11) is 6.97. The van der Waals surface area contributed by atoms with E-state index in [1.165, 1.54) is 12.0 Å². The van der Waals surface area contributed by atoms with Crippen molar-refractivity contribution in [2.24, 2.45) is 0 Å². The molecule has 0 bridgehead atoms. The lowest BCUT2D eigenvalue weighted by atomic mass is 9.93. The smallest absolute Gasteiger partial charge is 0.295 e. The molecule has 1 fully saturated rings. The van der Waals surface area contributed by atoms with E-state index in [1.54, 1.807) is 43.5 Å². The highest BCUT2D eigenvalue weighted by Crippen LogP contribution is 2.42. The fourth-order valence-corrected chi connectivity index (χ4v) is 4.34. The van der Waals surface area contributed by atoms with Gasteiger partial charge in [-0.05, 0) is 82.4 Å². The number of aryl methyl sites for hydroxylation is 1. The highest BCUT2D eigenvalue weighted by Gasteiger charge is 2.46. The van der Waals surface area contributed by atoms with Crippen LogP contribution in [0.3, 0.4) is 0 Å². The summed E-state index contributed by atoms with van der Waals surface area (Å²) in [6, 6.07) is 9.75. The SMILES string of the molecule is CCOc1ccc(C(O)=C2C(=O)C(=O)N(CCCN(C)C)[C@@H]2c2ccc(OC)c(OC)c2)c(C)c1. The van der Waals surface area contributed by atoms with Crippen LogP contribution < -0.4 is 14.2 Å².